The van der Waals surface area contributed by atoms with Crippen LogP contribution in [0, 0.1) is 10.1 Å². The van der Waals surface area contributed by atoms with Crippen LogP contribution in [0.15, 0.2) is 23.2 Å². The Morgan fingerprint density at radius 1 is 1.41 bits per heavy atom. The van der Waals surface area contributed by atoms with Gasteiger partial charge in [-0.25, -0.2) is 0 Å². The molecule has 0 spiro atoms. The minimum atomic E-state index is -0.482. The summed E-state index contributed by atoms with van der Waals surface area (Å²) in [6.07, 6.45) is 3.75. The van der Waals surface area contributed by atoms with Gasteiger partial charge in [0.25, 0.3) is 0 Å². The fourth-order valence-corrected chi connectivity index (χ4v) is 3.69. The molecule has 0 unspecified atom stereocenters. The maximum Gasteiger partial charge on any atom is 0.363 e. The molecular weight excluding hydrogens is 256 g/mol. The molecule has 0 aliphatic heterocycles. The van der Waals surface area contributed by atoms with E-state index >= 15 is 0 Å². The van der Waals surface area contributed by atoms with Gasteiger partial charge >= 0.3 is 5.82 Å². The monoisotopic (exact) mass is 272 g/mol. The minimum absolute atomic E-state index is 0.104. The van der Waals surface area contributed by atoms with Gasteiger partial charge in [0.05, 0.1) is 4.90 Å². The highest BCUT2D eigenvalue weighted by molar-refractivity contribution is 8.77. The van der Waals surface area contributed by atoms with Crippen molar-refractivity contribution in [1.29, 1.82) is 0 Å². The first-order chi connectivity index (χ1) is 8.00. The van der Waals surface area contributed by atoms with Crippen molar-refractivity contribution in [1.82, 2.24) is 4.98 Å². The molecule has 0 fully saturated rings. The molecule has 1 heterocycles. The number of nitrogens with zero attached hydrogens (tertiary/aromatic N) is 2. The lowest BCUT2D eigenvalue weighted by molar-refractivity contribution is -0.389. The largest absolute Gasteiger partial charge is 0.363 e. The molecular formula is C11H16N2O2S2. The molecule has 6 heteroatoms. The van der Waals surface area contributed by atoms with Crippen LogP contribution in [-0.4, -0.2) is 14.7 Å². The van der Waals surface area contributed by atoms with E-state index in [0.29, 0.717) is 0 Å². The fraction of sp³-hybridized carbons (Fsp3) is 0.545. The molecule has 0 amide bonds. The van der Waals surface area contributed by atoms with Crippen LogP contribution in [-0.2, 0) is 0 Å². The summed E-state index contributed by atoms with van der Waals surface area (Å²) in [5.74, 6) is -0.104. The van der Waals surface area contributed by atoms with Gasteiger partial charge in [0.1, 0.15) is 0 Å². The van der Waals surface area contributed by atoms with Crippen molar-refractivity contribution in [3.63, 3.8) is 0 Å². The fourth-order valence-electron chi connectivity index (χ4n) is 1.05. The van der Waals surface area contributed by atoms with E-state index in [1.165, 1.54) is 6.07 Å². The summed E-state index contributed by atoms with van der Waals surface area (Å²) in [6, 6.07) is 3.19. The Kier molecular flexibility index (Phi) is 5.27. The average molecular weight is 272 g/mol. The van der Waals surface area contributed by atoms with Gasteiger partial charge in [-0.2, -0.15) is 0 Å². The molecule has 0 bridgehead atoms. The summed E-state index contributed by atoms with van der Waals surface area (Å²) in [7, 11) is 3.43. The number of nitro groups is 1. The number of aromatic nitrogens is 1. The Bertz CT molecular complexity index is 378. The molecule has 0 aromatic carbocycles. The molecule has 1 aromatic rings. The number of pyridine rings is 1. The summed E-state index contributed by atoms with van der Waals surface area (Å²) < 4.78 is 0.243. The highest BCUT2D eigenvalue weighted by atomic mass is 33.1. The standard InChI is InChI=1S/C11H16N2O2S2/c1-4-11(3,5-2)17-16-9-6-7-10(12-8-9)13(14)15/h6-8H,4-5H2,1-3H3. The Labute approximate surface area is 109 Å². The third-order valence-electron chi connectivity index (χ3n) is 2.74. The first-order valence-corrected chi connectivity index (χ1v) is 7.62. The van der Waals surface area contributed by atoms with Crippen LogP contribution in [0.2, 0.25) is 0 Å². The molecule has 0 saturated carbocycles. The van der Waals surface area contributed by atoms with Crippen molar-refractivity contribution in [2.75, 3.05) is 0 Å². The van der Waals surface area contributed by atoms with Crippen molar-refractivity contribution in [2.24, 2.45) is 0 Å². The van der Waals surface area contributed by atoms with Gasteiger partial charge in [-0.1, -0.05) is 35.4 Å². The van der Waals surface area contributed by atoms with Gasteiger partial charge in [0, 0.05) is 10.8 Å². The van der Waals surface area contributed by atoms with Crippen LogP contribution in [0.3, 0.4) is 0 Å². The molecule has 0 radical (unpaired) electrons. The summed E-state index contributed by atoms with van der Waals surface area (Å²) >= 11 is 0. The quantitative estimate of drug-likeness (QED) is 0.439. The van der Waals surface area contributed by atoms with Gasteiger partial charge < -0.3 is 10.1 Å². The van der Waals surface area contributed by atoms with E-state index in [1.54, 1.807) is 33.9 Å². The molecule has 0 aliphatic carbocycles. The lowest BCUT2D eigenvalue weighted by Gasteiger charge is -2.24. The summed E-state index contributed by atoms with van der Waals surface area (Å²) in [5.41, 5.74) is 0. The van der Waals surface area contributed by atoms with Crippen molar-refractivity contribution in [2.45, 2.75) is 43.3 Å². The van der Waals surface area contributed by atoms with E-state index in [-0.39, 0.29) is 10.6 Å². The summed E-state index contributed by atoms with van der Waals surface area (Å²) in [6.45, 7) is 6.57. The smallest absolute Gasteiger partial charge is 0.358 e. The van der Waals surface area contributed by atoms with Crippen molar-refractivity contribution in [3.05, 3.63) is 28.4 Å². The van der Waals surface area contributed by atoms with E-state index in [4.69, 9.17) is 0 Å². The topological polar surface area (TPSA) is 56.0 Å². The molecule has 1 rings (SSSR count). The van der Waals surface area contributed by atoms with Gasteiger partial charge in [0.15, 0.2) is 6.20 Å². The molecule has 0 atom stereocenters. The number of hydrogen-bond acceptors (Lipinski definition) is 5. The van der Waals surface area contributed by atoms with Crippen LogP contribution in [0.4, 0.5) is 5.82 Å². The van der Waals surface area contributed by atoms with Crippen molar-refractivity contribution < 1.29 is 4.92 Å². The van der Waals surface area contributed by atoms with E-state index in [2.05, 4.69) is 25.8 Å². The average Bonchev–Trinajstić information content (AvgIpc) is 2.36. The highest BCUT2D eigenvalue weighted by Crippen LogP contribution is 2.44. The van der Waals surface area contributed by atoms with Crippen LogP contribution in [0.25, 0.3) is 0 Å². The maximum atomic E-state index is 10.5. The van der Waals surface area contributed by atoms with Gasteiger partial charge in [-0.05, 0) is 35.7 Å². The molecule has 17 heavy (non-hydrogen) atoms. The van der Waals surface area contributed by atoms with Crippen LogP contribution >= 0.6 is 21.6 Å². The zero-order chi connectivity index (χ0) is 12.9. The zero-order valence-electron chi connectivity index (χ0n) is 10.2. The number of hydrogen-bond donors (Lipinski definition) is 0. The first-order valence-electron chi connectivity index (χ1n) is 5.47. The minimum Gasteiger partial charge on any atom is -0.358 e. The predicted octanol–water partition coefficient (Wildman–Crippen LogP) is 4.31. The maximum absolute atomic E-state index is 10.5. The molecule has 4 nitrogen and oxygen atoms in total. The third-order valence-corrected chi connectivity index (χ3v) is 6.27. The third kappa shape index (κ3) is 4.20. The van der Waals surface area contributed by atoms with E-state index in [1.807, 2.05) is 0 Å². The normalized spacial score (nSPS) is 11.5. The molecule has 0 saturated heterocycles. The predicted molar refractivity (Wildman–Crippen MR) is 73.3 cm³/mol. The highest BCUT2D eigenvalue weighted by Gasteiger charge is 2.21. The van der Waals surface area contributed by atoms with Gasteiger partial charge in [0.2, 0.25) is 0 Å². The second-order valence-electron chi connectivity index (χ2n) is 3.93. The first kappa shape index (κ1) is 14.3. The molecule has 94 valence electrons. The van der Waals surface area contributed by atoms with Gasteiger partial charge in [-0.15, -0.1) is 0 Å². The van der Waals surface area contributed by atoms with E-state index in [9.17, 15) is 10.1 Å². The summed E-state index contributed by atoms with van der Waals surface area (Å²) in [5, 5.41) is 10.5. The lowest BCUT2D eigenvalue weighted by atomic mass is 10.1. The number of rotatable bonds is 6. The lowest BCUT2D eigenvalue weighted by Crippen LogP contribution is -2.15. The Hall–Kier alpha value is -0.750. The van der Waals surface area contributed by atoms with Crippen molar-refractivity contribution >= 4 is 27.4 Å². The molecule has 0 N–H and O–H groups in total. The van der Waals surface area contributed by atoms with E-state index < -0.39 is 4.92 Å². The SMILES string of the molecule is CCC(C)(CC)SSc1ccc([N+](=O)[O-])nc1. The van der Waals surface area contributed by atoms with E-state index in [0.717, 1.165) is 17.7 Å². The van der Waals surface area contributed by atoms with Crippen molar-refractivity contribution in [3.8, 4) is 0 Å². The van der Waals surface area contributed by atoms with Crippen LogP contribution < -0.4 is 0 Å². The second kappa shape index (κ2) is 6.26. The summed E-state index contributed by atoms with van der Waals surface area (Å²) in [4.78, 5) is 14.7. The van der Waals surface area contributed by atoms with Crippen LogP contribution in [0.1, 0.15) is 33.6 Å². The Morgan fingerprint density at radius 2 is 2.06 bits per heavy atom. The molecule has 0 aliphatic rings. The van der Waals surface area contributed by atoms with Crippen LogP contribution in [0.5, 0.6) is 0 Å². The molecule has 1 aromatic heterocycles. The Morgan fingerprint density at radius 3 is 2.47 bits per heavy atom. The van der Waals surface area contributed by atoms with Gasteiger partial charge in [-0.3, -0.25) is 0 Å². The second-order valence-corrected chi connectivity index (χ2v) is 6.72. The zero-order valence-corrected chi connectivity index (χ0v) is 11.8. The Balaban J connectivity index is 2.61.